The summed E-state index contributed by atoms with van der Waals surface area (Å²) in [6.45, 7) is 4.69. The van der Waals surface area contributed by atoms with E-state index in [9.17, 15) is 0 Å². The second-order valence-electron chi connectivity index (χ2n) is 6.25. The van der Waals surface area contributed by atoms with Crippen LogP contribution in [0.3, 0.4) is 0 Å². The molecule has 0 atom stereocenters. The van der Waals surface area contributed by atoms with E-state index in [-0.39, 0.29) is 0 Å². The third kappa shape index (κ3) is 14.7. The molecule has 2 rings (SSSR count). The van der Waals surface area contributed by atoms with Gasteiger partial charge in [-0.3, -0.25) is 0 Å². The summed E-state index contributed by atoms with van der Waals surface area (Å²) < 4.78 is 5.66. The number of rotatable bonds is 7. The summed E-state index contributed by atoms with van der Waals surface area (Å²) in [5.41, 5.74) is 6.41. The van der Waals surface area contributed by atoms with E-state index >= 15 is 0 Å². The molecule has 1 aromatic rings. The van der Waals surface area contributed by atoms with Gasteiger partial charge in [-0.2, -0.15) is 0 Å². The Morgan fingerprint density at radius 1 is 0.800 bits per heavy atom. The van der Waals surface area contributed by atoms with Gasteiger partial charge in [0.2, 0.25) is 0 Å². The van der Waals surface area contributed by atoms with E-state index in [0.717, 1.165) is 24.5 Å². The lowest BCUT2D eigenvalue weighted by molar-refractivity contribution is -0.159. The fourth-order valence-corrected chi connectivity index (χ4v) is 2.37. The number of nitrogens with zero attached hydrogens (tertiary/aromatic N) is 1. The van der Waals surface area contributed by atoms with Crippen molar-refractivity contribution in [1.82, 2.24) is 4.90 Å². The Kier molecular flexibility index (Phi) is 13.8. The molecular formula is C19H28N2O9. The molecule has 0 amide bonds. The zero-order valence-electron chi connectivity index (χ0n) is 16.5. The third-order valence-corrected chi connectivity index (χ3v) is 3.83. The fraction of sp³-hybridized carbons (Fsp3) is 0.474. The van der Waals surface area contributed by atoms with Crippen LogP contribution >= 0.6 is 0 Å². The first kappa shape index (κ1) is 26.7. The molecule has 1 aliphatic heterocycles. The van der Waals surface area contributed by atoms with Crippen molar-refractivity contribution in [1.29, 1.82) is 0 Å². The normalized spacial score (nSPS) is 12.5. The molecule has 0 spiro atoms. The molecule has 0 aliphatic carbocycles. The van der Waals surface area contributed by atoms with Crippen LogP contribution in [0.1, 0.15) is 32.1 Å². The van der Waals surface area contributed by atoms with Crippen LogP contribution in [0, 0.1) is 0 Å². The van der Waals surface area contributed by atoms with Gasteiger partial charge in [0.05, 0.1) is 6.61 Å². The molecule has 6 N–H and O–H groups in total. The van der Waals surface area contributed by atoms with Crippen molar-refractivity contribution in [3.8, 4) is 5.75 Å². The van der Waals surface area contributed by atoms with E-state index in [1.807, 2.05) is 24.3 Å². The highest BCUT2D eigenvalue weighted by atomic mass is 16.5. The highest BCUT2D eigenvalue weighted by Gasteiger charge is 2.09. The molecule has 1 aliphatic rings. The van der Waals surface area contributed by atoms with E-state index in [1.165, 1.54) is 45.3 Å². The molecule has 11 nitrogen and oxygen atoms in total. The number of benzene rings is 1. The van der Waals surface area contributed by atoms with Crippen molar-refractivity contribution in [2.24, 2.45) is 0 Å². The molecule has 0 radical (unpaired) electrons. The van der Waals surface area contributed by atoms with Crippen molar-refractivity contribution < 1.29 is 44.3 Å². The molecule has 0 aromatic heterocycles. The molecule has 0 saturated carbocycles. The van der Waals surface area contributed by atoms with Gasteiger partial charge in [-0.05, 0) is 76.0 Å². The van der Waals surface area contributed by atoms with Gasteiger partial charge in [0.25, 0.3) is 0 Å². The van der Waals surface area contributed by atoms with E-state index in [2.05, 4.69) is 4.90 Å². The SMILES string of the molecule is Nc1ccc(OCCCCCN2CCCC2)cc1.O=C(O)C(=O)O.O=C(O)C(=O)O. The fourth-order valence-electron chi connectivity index (χ4n) is 2.37. The molecule has 1 saturated heterocycles. The molecule has 168 valence electrons. The van der Waals surface area contributed by atoms with E-state index in [0.29, 0.717) is 0 Å². The maximum absolute atomic E-state index is 9.10. The van der Waals surface area contributed by atoms with Crippen LogP contribution < -0.4 is 10.5 Å². The smallest absolute Gasteiger partial charge is 0.414 e. The monoisotopic (exact) mass is 428 g/mol. The number of aliphatic carboxylic acids is 4. The quantitative estimate of drug-likeness (QED) is 0.239. The highest BCUT2D eigenvalue weighted by molar-refractivity contribution is 6.27. The summed E-state index contributed by atoms with van der Waals surface area (Å²) in [7, 11) is 0. The predicted molar refractivity (Wildman–Crippen MR) is 106 cm³/mol. The Morgan fingerprint density at radius 2 is 1.27 bits per heavy atom. The van der Waals surface area contributed by atoms with Crippen LogP contribution in [-0.2, 0) is 19.2 Å². The van der Waals surface area contributed by atoms with E-state index in [1.54, 1.807) is 0 Å². The minimum absolute atomic E-state index is 0.785. The van der Waals surface area contributed by atoms with Crippen LogP contribution in [0.15, 0.2) is 24.3 Å². The second-order valence-corrected chi connectivity index (χ2v) is 6.25. The molecular weight excluding hydrogens is 400 g/mol. The minimum Gasteiger partial charge on any atom is -0.494 e. The third-order valence-electron chi connectivity index (χ3n) is 3.83. The van der Waals surface area contributed by atoms with Crippen LogP contribution in [0.4, 0.5) is 5.69 Å². The Bertz CT molecular complexity index is 623. The van der Waals surface area contributed by atoms with Gasteiger partial charge in [-0.25, -0.2) is 19.2 Å². The number of nitrogens with two attached hydrogens (primary N) is 1. The Balaban J connectivity index is 0.000000580. The van der Waals surface area contributed by atoms with Crippen molar-refractivity contribution in [3.05, 3.63) is 24.3 Å². The first-order valence-electron chi connectivity index (χ1n) is 9.26. The van der Waals surface area contributed by atoms with Crippen LogP contribution in [0.2, 0.25) is 0 Å². The summed E-state index contributed by atoms with van der Waals surface area (Å²) in [5.74, 6) is -6.38. The Labute approximate surface area is 173 Å². The van der Waals surface area contributed by atoms with Crippen molar-refractivity contribution in [3.63, 3.8) is 0 Å². The molecule has 11 heteroatoms. The van der Waals surface area contributed by atoms with Crippen molar-refractivity contribution >= 4 is 29.6 Å². The average Bonchev–Trinajstić information content (AvgIpc) is 3.20. The first-order chi connectivity index (χ1) is 14.1. The number of unbranched alkanes of at least 4 members (excludes halogenated alkanes) is 2. The van der Waals surface area contributed by atoms with Gasteiger partial charge in [-0.15, -0.1) is 0 Å². The maximum atomic E-state index is 9.10. The summed E-state index contributed by atoms with van der Waals surface area (Å²) >= 11 is 0. The van der Waals surface area contributed by atoms with Gasteiger partial charge >= 0.3 is 23.9 Å². The van der Waals surface area contributed by atoms with Gasteiger partial charge in [0.1, 0.15) is 5.75 Å². The number of carboxylic acids is 4. The summed E-state index contributed by atoms with van der Waals surface area (Å²) in [6.07, 6.45) is 6.47. The average molecular weight is 428 g/mol. The topological polar surface area (TPSA) is 188 Å². The molecule has 1 heterocycles. The number of anilines is 1. The molecule has 1 fully saturated rings. The molecule has 0 unspecified atom stereocenters. The first-order valence-corrected chi connectivity index (χ1v) is 9.26. The lowest BCUT2D eigenvalue weighted by atomic mass is 10.2. The number of carboxylic acid groups (broad SMARTS) is 4. The maximum Gasteiger partial charge on any atom is 0.414 e. The summed E-state index contributed by atoms with van der Waals surface area (Å²) in [5, 5.41) is 29.6. The second kappa shape index (κ2) is 15.6. The van der Waals surface area contributed by atoms with Gasteiger partial charge in [-0.1, -0.05) is 0 Å². The predicted octanol–water partition coefficient (Wildman–Crippen LogP) is 1.22. The standard InChI is InChI=1S/C15H24N2O.2C2H2O4/c16-14-6-8-15(9-7-14)18-13-5-1-2-10-17-11-3-4-12-17;2*3-1(4)2(5)6/h6-9H,1-5,10-13,16H2;2*(H,3,4)(H,5,6). The number of likely N-dealkylation sites (tertiary alicyclic amines) is 1. The van der Waals surface area contributed by atoms with Gasteiger partial charge in [0, 0.05) is 5.69 Å². The van der Waals surface area contributed by atoms with Gasteiger partial charge < -0.3 is 35.8 Å². The number of carbonyl (C=O) groups is 4. The Morgan fingerprint density at radius 3 is 1.70 bits per heavy atom. The van der Waals surface area contributed by atoms with Crippen molar-refractivity contribution in [2.45, 2.75) is 32.1 Å². The summed E-state index contributed by atoms with van der Waals surface area (Å²) in [6, 6.07) is 7.62. The zero-order valence-corrected chi connectivity index (χ0v) is 16.5. The lowest BCUT2D eigenvalue weighted by Gasteiger charge is -2.13. The number of hydrogen-bond acceptors (Lipinski definition) is 7. The molecule has 30 heavy (non-hydrogen) atoms. The van der Waals surface area contributed by atoms with Gasteiger partial charge in [0.15, 0.2) is 0 Å². The zero-order chi connectivity index (χ0) is 22.9. The minimum atomic E-state index is -1.82. The molecule has 0 bridgehead atoms. The largest absolute Gasteiger partial charge is 0.494 e. The van der Waals surface area contributed by atoms with Crippen LogP contribution in [-0.4, -0.2) is 75.4 Å². The van der Waals surface area contributed by atoms with Crippen molar-refractivity contribution in [2.75, 3.05) is 32.0 Å². The number of ether oxygens (including phenoxy) is 1. The summed E-state index contributed by atoms with van der Waals surface area (Å²) in [4.78, 5) is 39.0. The van der Waals surface area contributed by atoms with E-state index < -0.39 is 23.9 Å². The lowest BCUT2D eigenvalue weighted by Crippen LogP contribution is -2.20. The highest BCUT2D eigenvalue weighted by Crippen LogP contribution is 2.14. The number of nitrogen functional groups attached to an aromatic ring is 1. The van der Waals surface area contributed by atoms with Crippen LogP contribution in [0.5, 0.6) is 5.75 Å². The Hall–Kier alpha value is -3.34. The molecule has 1 aromatic carbocycles. The van der Waals surface area contributed by atoms with E-state index in [4.69, 9.17) is 50.1 Å². The number of hydrogen-bond donors (Lipinski definition) is 5. The van der Waals surface area contributed by atoms with Crippen LogP contribution in [0.25, 0.3) is 0 Å².